The number of nitrogens with zero attached hydrogens (tertiary/aromatic N) is 2. The molecule has 1 N–H and O–H groups in total. The highest BCUT2D eigenvalue weighted by molar-refractivity contribution is 5.75. The Labute approximate surface area is 145 Å². The highest BCUT2D eigenvalue weighted by Gasteiger charge is 2.26. The number of anilines is 1. The Hall–Kier alpha value is -1.91. The molecule has 1 aromatic rings. The zero-order valence-electron chi connectivity index (χ0n) is 14.8. The molecular formula is C19H29N3O2. The molecule has 0 radical (unpaired) electrons. The molecule has 2 unspecified atom stereocenters. The van der Waals surface area contributed by atoms with Crippen molar-refractivity contribution in [1.29, 1.82) is 0 Å². The predicted molar refractivity (Wildman–Crippen MR) is 96.7 cm³/mol. The molecule has 5 heteroatoms. The van der Waals surface area contributed by atoms with Crippen molar-refractivity contribution in [1.82, 2.24) is 10.2 Å². The maximum Gasteiger partial charge on any atom is 0.317 e. The second kappa shape index (κ2) is 7.77. The number of hydrogen-bond donors (Lipinski definition) is 1. The van der Waals surface area contributed by atoms with Crippen molar-refractivity contribution >= 4 is 11.7 Å². The third-order valence-corrected chi connectivity index (χ3v) is 5.26. The van der Waals surface area contributed by atoms with Crippen LogP contribution in [0.5, 0.6) is 5.75 Å². The number of carbonyl (C=O) groups is 1. The average Bonchev–Trinajstić information content (AvgIpc) is 2.62. The standard InChI is InChI=1S/C19H29N3O2/c1-15-6-5-7-16(14-15)20-19(23)22-12-10-21(11-13-22)17-8-3-4-9-18(17)24-2/h3-4,8-9,15-16H,5-7,10-14H2,1-2H3,(H,20,23). The van der Waals surface area contributed by atoms with Crippen molar-refractivity contribution in [2.24, 2.45) is 5.92 Å². The van der Waals surface area contributed by atoms with Gasteiger partial charge in [-0.3, -0.25) is 0 Å². The lowest BCUT2D eigenvalue weighted by atomic mass is 9.87. The van der Waals surface area contributed by atoms with Crippen LogP contribution in [0.3, 0.4) is 0 Å². The molecule has 2 fully saturated rings. The van der Waals surface area contributed by atoms with Crippen molar-refractivity contribution in [3.05, 3.63) is 24.3 Å². The van der Waals surface area contributed by atoms with E-state index in [1.807, 2.05) is 23.1 Å². The molecular weight excluding hydrogens is 302 g/mol. The number of amides is 2. The number of ether oxygens (including phenoxy) is 1. The summed E-state index contributed by atoms with van der Waals surface area (Å²) in [6.07, 6.45) is 4.77. The number of methoxy groups -OCH3 is 1. The molecule has 2 atom stereocenters. The van der Waals surface area contributed by atoms with Crippen LogP contribution in [0.1, 0.15) is 32.6 Å². The number of rotatable bonds is 3. The second-order valence-electron chi connectivity index (χ2n) is 7.06. The molecule has 1 saturated carbocycles. The Kier molecular flexibility index (Phi) is 5.48. The number of para-hydroxylation sites is 2. The maximum atomic E-state index is 12.5. The molecule has 1 aliphatic carbocycles. The number of nitrogens with one attached hydrogen (secondary N) is 1. The van der Waals surface area contributed by atoms with Crippen LogP contribution >= 0.6 is 0 Å². The van der Waals surface area contributed by atoms with Gasteiger partial charge in [0.15, 0.2) is 0 Å². The summed E-state index contributed by atoms with van der Waals surface area (Å²) in [5.74, 6) is 1.62. The molecule has 5 nitrogen and oxygen atoms in total. The highest BCUT2D eigenvalue weighted by atomic mass is 16.5. The first-order valence-electron chi connectivity index (χ1n) is 9.10. The normalized spacial score (nSPS) is 24.6. The first-order chi connectivity index (χ1) is 11.7. The predicted octanol–water partition coefficient (Wildman–Crippen LogP) is 3.11. The monoisotopic (exact) mass is 331 g/mol. The first kappa shape index (κ1) is 16.9. The summed E-state index contributed by atoms with van der Waals surface area (Å²) in [6.45, 7) is 5.48. The lowest BCUT2D eigenvalue weighted by Crippen LogP contribution is -2.54. The molecule has 0 aromatic heterocycles. The summed E-state index contributed by atoms with van der Waals surface area (Å²) in [5, 5.41) is 3.24. The topological polar surface area (TPSA) is 44.8 Å². The van der Waals surface area contributed by atoms with E-state index in [2.05, 4.69) is 23.2 Å². The zero-order valence-corrected chi connectivity index (χ0v) is 14.8. The van der Waals surface area contributed by atoms with Gasteiger partial charge in [0, 0.05) is 32.2 Å². The van der Waals surface area contributed by atoms with Crippen LogP contribution in [0.2, 0.25) is 0 Å². The molecule has 0 bridgehead atoms. The van der Waals surface area contributed by atoms with Crippen molar-refractivity contribution in [3.63, 3.8) is 0 Å². The molecule has 24 heavy (non-hydrogen) atoms. The SMILES string of the molecule is COc1ccccc1N1CCN(C(=O)NC2CCCC(C)C2)CC1. The number of urea groups is 1. The molecule has 1 saturated heterocycles. The third kappa shape index (κ3) is 3.94. The van der Waals surface area contributed by atoms with E-state index >= 15 is 0 Å². The summed E-state index contributed by atoms with van der Waals surface area (Å²) in [4.78, 5) is 16.8. The third-order valence-electron chi connectivity index (χ3n) is 5.26. The van der Waals surface area contributed by atoms with E-state index in [1.165, 1.54) is 12.8 Å². The van der Waals surface area contributed by atoms with E-state index < -0.39 is 0 Å². The molecule has 2 aliphatic rings. The van der Waals surface area contributed by atoms with Gasteiger partial charge in [0.05, 0.1) is 12.8 Å². The Morgan fingerprint density at radius 3 is 2.62 bits per heavy atom. The van der Waals surface area contributed by atoms with Gasteiger partial charge in [-0.25, -0.2) is 4.79 Å². The molecule has 0 spiro atoms. The Morgan fingerprint density at radius 1 is 1.17 bits per heavy atom. The van der Waals surface area contributed by atoms with Crippen LogP contribution in [0.25, 0.3) is 0 Å². The average molecular weight is 331 g/mol. The quantitative estimate of drug-likeness (QED) is 0.926. The van der Waals surface area contributed by atoms with Crippen LogP contribution in [0, 0.1) is 5.92 Å². The summed E-state index contributed by atoms with van der Waals surface area (Å²) in [6, 6.07) is 8.54. The summed E-state index contributed by atoms with van der Waals surface area (Å²) in [5.41, 5.74) is 1.11. The lowest BCUT2D eigenvalue weighted by molar-refractivity contribution is 0.183. The maximum absolute atomic E-state index is 12.5. The van der Waals surface area contributed by atoms with Gasteiger partial charge < -0.3 is 19.9 Å². The van der Waals surface area contributed by atoms with E-state index in [1.54, 1.807) is 7.11 Å². The number of benzene rings is 1. The van der Waals surface area contributed by atoms with E-state index in [0.717, 1.165) is 56.4 Å². The smallest absolute Gasteiger partial charge is 0.317 e. The fraction of sp³-hybridized carbons (Fsp3) is 0.632. The Morgan fingerprint density at radius 2 is 1.92 bits per heavy atom. The molecule has 1 aromatic carbocycles. The van der Waals surface area contributed by atoms with Gasteiger partial charge in [-0.1, -0.05) is 31.9 Å². The van der Waals surface area contributed by atoms with Crippen LogP contribution in [-0.2, 0) is 0 Å². The van der Waals surface area contributed by atoms with E-state index in [0.29, 0.717) is 6.04 Å². The fourth-order valence-corrected chi connectivity index (χ4v) is 3.87. The highest BCUT2D eigenvalue weighted by Crippen LogP contribution is 2.28. The van der Waals surface area contributed by atoms with Crippen molar-refractivity contribution in [2.75, 3.05) is 38.2 Å². The van der Waals surface area contributed by atoms with Gasteiger partial charge in [0.1, 0.15) is 5.75 Å². The van der Waals surface area contributed by atoms with Gasteiger partial charge >= 0.3 is 6.03 Å². The minimum absolute atomic E-state index is 0.105. The van der Waals surface area contributed by atoms with Gasteiger partial charge in [-0.15, -0.1) is 0 Å². The Balaban J connectivity index is 1.52. The number of carbonyl (C=O) groups excluding carboxylic acids is 1. The molecule has 3 rings (SSSR count). The van der Waals surface area contributed by atoms with E-state index in [-0.39, 0.29) is 6.03 Å². The number of piperazine rings is 1. The minimum atomic E-state index is 0.105. The van der Waals surface area contributed by atoms with Crippen LogP contribution in [0.4, 0.5) is 10.5 Å². The molecule has 1 aliphatic heterocycles. The van der Waals surface area contributed by atoms with Crippen LogP contribution in [0.15, 0.2) is 24.3 Å². The fourth-order valence-electron chi connectivity index (χ4n) is 3.87. The van der Waals surface area contributed by atoms with Gasteiger partial charge in [0.25, 0.3) is 0 Å². The largest absolute Gasteiger partial charge is 0.495 e. The second-order valence-corrected chi connectivity index (χ2v) is 7.06. The molecule has 1 heterocycles. The summed E-state index contributed by atoms with van der Waals surface area (Å²) >= 11 is 0. The van der Waals surface area contributed by atoms with E-state index in [4.69, 9.17) is 4.74 Å². The van der Waals surface area contributed by atoms with Gasteiger partial charge in [0.2, 0.25) is 0 Å². The van der Waals surface area contributed by atoms with Crippen LogP contribution in [-0.4, -0.2) is 50.3 Å². The van der Waals surface area contributed by atoms with Gasteiger partial charge in [-0.05, 0) is 30.9 Å². The summed E-state index contributed by atoms with van der Waals surface area (Å²) in [7, 11) is 1.70. The van der Waals surface area contributed by atoms with Crippen molar-refractivity contribution in [3.8, 4) is 5.75 Å². The van der Waals surface area contributed by atoms with Crippen LogP contribution < -0.4 is 15.0 Å². The molecule has 132 valence electrons. The van der Waals surface area contributed by atoms with Crippen molar-refractivity contribution in [2.45, 2.75) is 38.6 Å². The van der Waals surface area contributed by atoms with Gasteiger partial charge in [-0.2, -0.15) is 0 Å². The number of hydrogen-bond acceptors (Lipinski definition) is 3. The van der Waals surface area contributed by atoms with E-state index in [9.17, 15) is 4.79 Å². The zero-order chi connectivity index (χ0) is 16.9. The minimum Gasteiger partial charge on any atom is -0.495 e. The van der Waals surface area contributed by atoms with Crippen molar-refractivity contribution < 1.29 is 9.53 Å². The molecule has 2 amide bonds. The summed E-state index contributed by atoms with van der Waals surface area (Å²) < 4.78 is 5.45. The first-order valence-corrected chi connectivity index (χ1v) is 9.10. The Bertz CT molecular complexity index is 555. The lowest BCUT2D eigenvalue weighted by Gasteiger charge is -2.37.